The standard InChI is InChI=1S/C27H26F4N2O2/c1-25(18-33(22-8-3-2-4-9-22)23-11-10-21(28)17-24(23)35-25)32-14-12-26(34,13-15-32)19-6-5-7-20(16-19)27(29,30)31/h2-11,16-17,34H,12-15,18H2,1H3. The number of nitrogens with zero attached hydrogens (tertiary/aromatic N) is 2. The van der Waals surface area contributed by atoms with Gasteiger partial charge < -0.3 is 14.7 Å². The average molecular weight is 487 g/mol. The van der Waals surface area contributed by atoms with Crippen molar-refractivity contribution in [2.24, 2.45) is 0 Å². The number of fused-ring (bicyclic) bond motifs is 1. The first kappa shape index (κ1) is 23.6. The summed E-state index contributed by atoms with van der Waals surface area (Å²) in [5, 5.41) is 11.3. The van der Waals surface area contributed by atoms with Crippen molar-refractivity contribution in [3.63, 3.8) is 0 Å². The molecule has 2 heterocycles. The molecule has 0 spiro atoms. The smallest absolute Gasteiger partial charge is 0.416 e. The van der Waals surface area contributed by atoms with Crippen molar-refractivity contribution in [1.82, 2.24) is 4.90 Å². The lowest BCUT2D eigenvalue weighted by atomic mass is 9.83. The van der Waals surface area contributed by atoms with E-state index in [0.29, 0.717) is 25.4 Å². The Bertz CT molecular complexity index is 1210. The molecule has 8 heteroatoms. The second kappa shape index (κ2) is 8.53. The number of anilines is 2. The minimum atomic E-state index is -4.47. The lowest BCUT2D eigenvalue weighted by Gasteiger charge is -2.51. The molecule has 1 unspecified atom stereocenters. The Morgan fingerprint density at radius 3 is 2.31 bits per heavy atom. The summed E-state index contributed by atoms with van der Waals surface area (Å²) in [6.45, 7) is 3.18. The Labute approximate surface area is 201 Å². The van der Waals surface area contributed by atoms with E-state index in [9.17, 15) is 22.7 Å². The molecule has 0 radical (unpaired) electrons. The van der Waals surface area contributed by atoms with E-state index >= 15 is 0 Å². The number of likely N-dealkylation sites (tertiary alicyclic amines) is 1. The summed E-state index contributed by atoms with van der Waals surface area (Å²) in [5.74, 6) is 0.0138. The summed E-state index contributed by atoms with van der Waals surface area (Å²) in [6, 6.07) is 19.1. The van der Waals surface area contributed by atoms with Gasteiger partial charge >= 0.3 is 6.18 Å². The van der Waals surface area contributed by atoms with E-state index in [1.54, 1.807) is 12.1 Å². The molecule has 0 aromatic heterocycles. The third-order valence-electron chi connectivity index (χ3n) is 7.05. The summed E-state index contributed by atoms with van der Waals surface area (Å²) in [6.07, 6.45) is -3.98. The van der Waals surface area contributed by atoms with Crippen LogP contribution in [0.1, 0.15) is 30.9 Å². The largest absolute Gasteiger partial charge is 0.469 e. The second-order valence-corrected chi connectivity index (χ2v) is 9.41. The molecule has 4 nitrogen and oxygen atoms in total. The molecule has 0 aliphatic carbocycles. The molecule has 2 aliphatic heterocycles. The molecule has 0 bridgehead atoms. The molecule has 5 rings (SSSR count). The Morgan fingerprint density at radius 1 is 0.914 bits per heavy atom. The third kappa shape index (κ3) is 4.48. The summed E-state index contributed by atoms with van der Waals surface area (Å²) in [4.78, 5) is 4.14. The third-order valence-corrected chi connectivity index (χ3v) is 7.05. The maximum absolute atomic E-state index is 14.1. The molecule has 0 saturated carbocycles. The van der Waals surface area contributed by atoms with Crippen LogP contribution in [0, 0.1) is 5.82 Å². The van der Waals surface area contributed by atoms with Gasteiger partial charge in [-0.3, -0.25) is 4.90 Å². The molecule has 1 fully saturated rings. The number of ether oxygens (including phenoxy) is 1. The van der Waals surface area contributed by atoms with Crippen LogP contribution >= 0.6 is 0 Å². The Morgan fingerprint density at radius 2 is 1.63 bits per heavy atom. The van der Waals surface area contributed by atoms with Gasteiger partial charge in [0.25, 0.3) is 0 Å². The van der Waals surface area contributed by atoms with Crippen molar-refractivity contribution in [3.05, 3.63) is 89.7 Å². The minimum Gasteiger partial charge on any atom is -0.469 e. The molecule has 1 atom stereocenters. The fraction of sp³-hybridized carbons (Fsp3) is 0.333. The fourth-order valence-corrected chi connectivity index (χ4v) is 5.07. The topological polar surface area (TPSA) is 35.9 Å². The van der Waals surface area contributed by atoms with Gasteiger partial charge in [0.15, 0.2) is 5.72 Å². The SMILES string of the molecule is CC1(N2CCC(O)(c3cccc(C(F)(F)F)c3)CC2)CN(c2ccccc2)c2ccc(F)cc2O1. The van der Waals surface area contributed by atoms with Crippen LogP contribution in [0.25, 0.3) is 0 Å². The fourth-order valence-electron chi connectivity index (χ4n) is 5.07. The zero-order chi connectivity index (χ0) is 24.8. The van der Waals surface area contributed by atoms with Crippen molar-refractivity contribution in [2.75, 3.05) is 24.5 Å². The first-order valence-electron chi connectivity index (χ1n) is 11.5. The molecule has 2 aliphatic rings. The van der Waals surface area contributed by atoms with Crippen LogP contribution in [0.15, 0.2) is 72.8 Å². The van der Waals surface area contributed by atoms with Gasteiger partial charge in [-0.15, -0.1) is 0 Å². The molecule has 1 N–H and O–H groups in total. The molecular formula is C27H26F4N2O2. The lowest BCUT2D eigenvalue weighted by Crippen LogP contribution is -2.62. The predicted octanol–water partition coefficient (Wildman–Crippen LogP) is 6.07. The molecule has 35 heavy (non-hydrogen) atoms. The van der Waals surface area contributed by atoms with Crippen LogP contribution in [-0.4, -0.2) is 35.4 Å². The lowest BCUT2D eigenvalue weighted by molar-refractivity contribution is -0.138. The highest BCUT2D eigenvalue weighted by Crippen LogP contribution is 2.44. The number of hydrogen-bond acceptors (Lipinski definition) is 4. The molecule has 1 saturated heterocycles. The average Bonchev–Trinajstić information content (AvgIpc) is 2.84. The van der Waals surface area contributed by atoms with Crippen molar-refractivity contribution in [2.45, 2.75) is 37.3 Å². The maximum atomic E-state index is 14.1. The predicted molar refractivity (Wildman–Crippen MR) is 125 cm³/mol. The Kier molecular flexibility index (Phi) is 5.76. The number of alkyl halides is 3. The van der Waals surface area contributed by atoms with Crippen LogP contribution in [0.2, 0.25) is 0 Å². The highest BCUT2D eigenvalue weighted by atomic mass is 19.4. The molecule has 0 amide bonds. The van der Waals surface area contributed by atoms with E-state index in [-0.39, 0.29) is 18.4 Å². The highest BCUT2D eigenvalue weighted by Gasteiger charge is 2.46. The van der Waals surface area contributed by atoms with E-state index < -0.39 is 28.9 Å². The Hall–Kier alpha value is -3.10. The second-order valence-electron chi connectivity index (χ2n) is 9.41. The van der Waals surface area contributed by atoms with Crippen LogP contribution < -0.4 is 9.64 Å². The van der Waals surface area contributed by atoms with Gasteiger partial charge in [0.1, 0.15) is 11.6 Å². The van der Waals surface area contributed by atoms with E-state index in [1.165, 1.54) is 18.2 Å². The van der Waals surface area contributed by atoms with Crippen molar-refractivity contribution < 1.29 is 27.4 Å². The minimum absolute atomic E-state index is 0.245. The normalized spacial score (nSPS) is 22.4. The maximum Gasteiger partial charge on any atom is 0.416 e. The van der Waals surface area contributed by atoms with Crippen LogP contribution in [-0.2, 0) is 11.8 Å². The summed E-state index contributed by atoms with van der Waals surface area (Å²) in [5.41, 5.74) is -1.02. The zero-order valence-electron chi connectivity index (χ0n) is 19.2. The van der Waals surface area contributed by atoms with Gasteiger partial charge in [-0.25, -0.2) is 4.39 Å². The quantitative estimate of drug-likeness (QED) is 0.456. The highest BCUT2D eigenvalue weighted by molar-refractivity contribution is 5.71. The van der Waals surface area contributed by atoms with Gasteiger partial charge in [0, 0.05) is 24.8 Å². The van der Waals surface area contributed by atoms with E-state index in [2.05, 4.69) is 9.80 Å². The first-order valence-corrected chi connectivity index (χ1v) is 11.5. The van der Waals surface area contributed by atoms with Gasteiger partial charge in [-0.1, -0.05) is 30.3 Å². The van der Waals surface area contributed by atoms with E-state index in [4.69, 9.17) is 4.74 Å². The Balaban J connectivity index is 1.40. The number of rotatable bonds is 3. The van der Waals surface area contributed by atoms with Gasteiger partial charge in [-0.05, 0) is 61.7 Å². The van der Waals surface area contributed by atoms with Crippen molar-refractivity contribution >= 4 is 11.4 Å². The number of para-hydroxylation sites is 1. The first-order chi connectivity index (χ1) is 16.6. The molecular weight excluding hydrogens is 460 g/mol. The number of piperidine rings is 1. The number of benzene rings is 3. The summed E-state index contributed by atoms with van der Waals surface area (Å²) < 4.78 is 60.1. The van der Waals surface area contributed by atoms with Crippen LogP contribution in [0.3, 0.4) is 0 Å². The molecule has 3 aromatic carbocycles. The monoisotopic (exact) mass is 486 g/mol. The summed E-state index contributed by atoms with van der Waals surface area (Å²) >= 11 is 0. The van der Waals surface area contributed by atoms with Crippen molar-refractivity contribution in [1.29, 1.82) is 0 Å². The number of halogens is 4. The van der Waals surface area contributed by atoms with Crippen molar-refractivity contribution in [3.8, 4) is 5.75 Å². The summed E-state index contributed by atoms with van der Waals surface area (Å²) in [7, 11) is 0. The van der Waals surface area contributed by atoms with Crippen LogP contribution in [0.4, 0.5) is 28.9 Å². The van der Waals surface area contributed by atoms with E-state index in [0.717, 1.165) is 23.5 Å². The van der Waals surface area contributed by atoms with Gasteiger partial charge in [0.2, 0.25) is 0 Å². The van der Waals surface area contributed by atoms with Gasteiger partial charge in [-0.2, -0.15) is 13.2 Å². The van der Waals surface area contributed by atoms with E-state index in [1.807, 2.05) is 37.3 Å². The number of hydrogen-bond donors (Lipinski definition) is 1. The molecule has 184 valence electrons. The van der Waals surface area contributed by atoms with Crippen LogP contribution in [0.5, 0.6) is 5.75 Å². The number of aliphatic hydroxyl groups is 1. The van der Waals surface area contributed by atoms with Gasteiger partial charge in [0.05, 0.1) is 23.4 Å². The zero-order valence-corrected chi connectivity index (χ0v) is 19.2. The molecule has 3 aromatic rings.